The lowest BCUT2D eigenvalue weighted by Crippen LogP contribution is -2.23. The van der Waals surface area contributed by atoms with Crippen LogP contribution in [0.5, 0.6) is 5.75 Å². The lowest BCUT2D eigenvalue weighted by Gasteiger charge is -2.13. The summed E-state index contributed by atoms with van der Waals surface area (Å²) in [7, 11) is 3.35. The highest BCUT2D eigenvalue weighted by Gasteiger charge is 2.14. The van der Waals surface area contributed by atoms with Gasteiger partial charge in [-0.1, -0.05) is 0 Å². The SMILES string of the molecule is CCOC(=O)c1ccc(N)cc1OCCC(=O)N(C)C. The van der Waals surface area contributed by atoms with Crippen LogP contribution < -0.4 is 10.5 Å². The van der Waals surface area contributed by atoms with Crippen LogP contribution in [0.1, 0.15) is 23.7 Å². The summed E-state index contributed by atoms with van der Waals surface area (Å²) in [4.78, 5) is 24.7. The number of rotatable bonds is 6. The molecule has 0 radical (unpaired) electrons. The number of esters is 1. The molecule has 0 spiro atoms. The van der Waals surface area contributed by atoms with Crippen molar-refractivity contribution < 1.29 is 19.1 Å². The smallest absolute Gasteiger partial charge is 0.341 e. The van der Waals surface area contributed by atoms with Crippen molar-refractivity contribution >= 4 is 17.6 Å². The summed E-state index contributed by atoms with van der Waals surface area (Å²) in [6, 6.07) is 4.70. The second kappa shape index (κ2) is 7.37. The summed E-state index contributed by atoms with van der Waals surface area (Å²) in [5, 5.41) is 0. The summed E-state index contributed by atoms with van der Waals surface area (Å²) >= 11 is 0. The molecular weight excluding hydrogens is 260 g/mol. The lowest BCUT2D eigenvalue weighted by atomic mass is 10.2. The van der Waals surface area contributed by atoms with Crippen molar-refractivity contribution in [2.24, 2.45) is 0 Å². The maximum absolute atomic E-state index is 11.8. The van der Waals surface area contributed by atoms with Crippen LogP contribution >= 0.6 is 0 Å². The Morgan fingerprint density at radius 2 is 2.00 bits per heavy atom. The molecule has 1 amide bonds. The largest absolute Gasteiger partial charge is 0.492 e. The Balaban J connectivity index is 2.75. The fourth-order valence-electron chi connectivity index (χ4n) is 1.51. The summed E-state index contributed by atoms with van der Waals surface area (Å²) in [5.41, 5.74) is 6.46. The molecule has 0 aliphatic rings. The van der Waals surface area contributed by atoms with Gasteiger partial charge in [0.2, 0.25) is 5.91 Å². The quantitative estimate of drug-likeness (QED) is 0.627. The molecule has 1 aromatic rings. The van der Waals surface area contributed by atoms with Gasteiger partial charge < -0.3 is 20.1 Å². The number of carbonyl (C=O) groups is 2. The first-order valence-corrected chi connectivity index (χ1v) is 6.35. The molecule has 0 unspecified atom stereocenters. The van der Waals surface area contributed by atoms with E-state index >= 15 is 0 Å². The molecule has 0 heterocycles. The predicted molar refractivity (Wildman–Crippen MR) is 75.6 cm³/mol. The van der Waals surface area contributed by atoms with Gasteiger partial charge in [-0.2, -0.15) is 0 Å². The topological polar surface area (TPSA) is 81.9 Å². The van der Waals surface area contributed by atoms with Crippen molar-refractivity contribution in [1.29, 1.82) is 0 Å². The van der Waals surface area contributed by atoms with Gasteiger partial charge in [0.1, 0.15) is 11.3 Å². The standard InChI is InChI=1S/C14H20N2O4/c1-4-19-14(18)11-6-5-10(15)9-12(11)20-8-7-13(17)16(2)3/h5-6,9H,4,7-8,15H2,1-3H3. The lowest BCUT2D eigenvalue weighted by molar-refractivity contribution is -0.129. The number of hydrogen-bond donors (Lipinski definition) is 1. The molecule has 0 saturated heterocycles. The minimum absolute atomic E-state index is 0.0495. The van der Waals surface area contributed by atoms with Crippen LogP contribution in [0.2, 0.25) is 0 Å². The number of nitrogen functional groups attached to an aromatic ring is 1. The molecule has 6 nitrogen and oxygen atoms in total. The molecule has 110 valence electrons. The number of carbonyl (C=O) groups excluding carboxylic acids is 2. The van der Waals surface area contributed by atoms with Gasteiger partial charge >= 0.3 is 5.97 Å². The van der Waals surface area contributed by atoms with Gasteiger partial charge in [0.05, 0.1) is 19.6 Å². The van der Waals surface area contributed by atoms with Crippen molar-refractivity contribution in [1.82, 2.24) is 4.90 Å². The third-order valence-electron chi connectivity index (χ3n) is 2.57. The normalized spacial score (nSPS) is 9.95. The number of amides is 1. The van der Waals surface area contributed by atoms with Crippen LogP contribution in [0.15, 0.2) is 18.2 Å². The zero-order chi connectivity index (χ0) is 15.1. The van der Waals surface area contributed by atoms with E-state index in [0.717, 1.165) is 0 Å². The summed E-state index contributed by atoms with van der Waals surface area (Å²) in [6.07, 6.45) is 0.226. The second-order valence-corrected chi connectivity index (χ2v) is 4.36. The average molecular weight is 280 g/mol. The summed E-state index contributed by atoms with van der Waals surface area (Å²) < 4.78 is 10.4. The Labute approximate surface area is 118 Å². The third kappa shape index (κ3) is 4.46. The van der Waals surface area contributed by atoms with Gasteiger partial charge in [-0.3, -0.25) is 4.79 Å². The van der Waals surface area contributed by atoms with E-state index in [1.807, 2.05) is 0 Å². The van der Waals surface area contributed by atoms with Crippen LogP contribution in [-0.4, -0.2) is 44.1 Å². The molecule has 0 aromatic heterocycles. The first-order chi connectivity index (χ1) is 9.45. The van der Waals surface area contributed by atoms with Gasteiger partial charge in [0.15, 0.2) is 0 Å². The van der Waals surface area contributed by atoms with E-state index in [-0.39, 0.29) is 25.5 Å². The molecule has 2 N–H and O–H groups in total. The molecule has 0 fully saturated rings. The van der Waals surface area contributed by atoms with Crippen molar-refractivity contribution in [3.05, 3.63) is 23.8 Å². The van der Waals surface area contributed by atoms with Crippen molar-refractivity contribution in [2.45, 2.75) is 13.3 Å². The first kappa shape index (κ1) is 15.8. The maximum atomic E-state index is 11.8. The zero-order valence-corrected chi connectivity index (χ0v) is 12.0. The Morgan fingerprint density at radius 1 is 1.30 bits per heavy atom. The molecule has 20 heavy (non-hydrogen) atoms. The highest BCUT2D eigenvalue weighted by molar-refractivity contribution is 5.93. The van der Waals surface area contributed by atoms with Gasteiger partial charge in [-0.05, 0) is 19.1 Å². The van der Waals surface area contributed by atoms with Gasteiger partial charge in [-0.15, -0.1) is 0 Å². The van der Waals surface area contributed by atoms with E-state index in [0.29, 0.717) is 17.0 Å². The average Bonchev–Trinajstić information content (AvgIpc) is 2.38. The number of benzene rings is 1. The number of nitrogens with zero attached hydrogens (tertiary/aromatic N) is 1. The van der Waals surface area contributed by atoms with Crippen LogP contribution in [0, 0.1) is 0 Å². The highest BCUT2D eigenvalue weighted by Crippen LogP contribution is 2.23. The van der Waals surface area contributed by atoms with Gasteiger partial charge in [-0.25, -0.2) is 4.79 Å². The van der Waals surface area contributed by atoms with E-state index < -0.39 is 5.97 Å². The van der Waals surface area contributed by atoms with Crippen LogP contribution in [-0.2, 0) is 9.53 Å². The minimum Gasteiger partial charge on any atom is -0.492 e. The van der Waals surface area contributed by atoms with E-state index in [2.05, 4.69) is 0 Å². The predicted octanol–water partition coefficient (Wildman–Crippen LogP) is 1.30. The second-order valence-electron chi connectivity index (χ2n) is 4.36. The molecule has 0 aliphatic heterocycles. The number of hydrogen-bond acceptors (Lipinski definition) is 5. The fraction of sp³-hybridized carbons (Fsp3) is 0.429. The maximum Gasteiger partial charge on any atom is 0.341 e. The van der Waals surface area contributed by atoms with Crippen LogP contribution in [0.25, 0.3) is 0 Å². The fourth-order valence-corrected chi connectivity index (χ4v) is 1.51. The number of anilines is 1. The molecule has 6 heteroatoms. The Kier molecular flexibility index (Phi) is 5.83. The van der Waals surface area contributed by atoms with Gasteiger partial charge in [0.25, 0.3) is 0 Å². The number of ether oxygens (including phenoxy) is 2. The summed E-state index contributed by atoms with van der Waals surface area (Å²) in [5.74, 6) is -0.192. The van der Waals surface area contributed by atoms with E-state index in [4.69, 9.17) is 15.2 Å². The molecule has 1 rings (SSSR count). The van der Waals surface area contributed by atoms with Gasteiger partial charge in [0, 0.05) is 25.8 Å². The molecular formula is C14H20N2O4. The Morgan fingerprint density at radius 3 is 2.60 bits per heavy atom. The van der Waals surface area contributed by atoms with Crippen molar-refractivity contribution in [3.63, 3.8) is 0 Å². The molecule has 0 aliphatic carbocycles. The van der Waals surface area contributed by atoms with E-state index in [1.54, 1.807) is 39.2 Å². The highest BCUT2D eigenvalue weighted by atomic mass is 16.5. The molecule has 0 atom stereocenters. The summed E-state index contributed by atoms with van der Waals surface area (Å²) in [6.45, 7) is 2.18. The first-order valence-electron chi connectivity index (χ1n) is 6.35. The molecule has 0 saturated carbocycles. The van der Waals surface area contributed by atoms with Crippen LogP contribution in [0.3, 0.4) is 0 Å². The van der Waals surface area contributed by atoms with Crippen molar-refractivity contribution in [2.75, 3.05) is 33.0 Å². The Hall–Kier alpha value is -2.24. The van der Waals surface area contributed by atoms with Crippen LogP contribution in [0.4, 0.5) is 5.69 Å². The minimum atomic E-state index is -0.471. The Bertz CT molecular complexity index is 486. The zero-order valence-electron chi connectivity index (χ0n) is 12.0. The molecule has 0 bridgehead atoms. The van der Waals surface area contributed by atoms with Crippen molar-refractivity contribution in [3.8, 4) is 5.75 Å². The van der Waals surface area contributed by atoms with E-state index in [1.165, 1.54) is 4.90 Å². The number of nitrogens with two attached hydrogens (primary N) is 1. The third-order valence-corrected chi connectivity index (χ3v) is 2.57. The molecule has 1 aromatic carbocycles. The van der Waals surface area contributed by atoms with E-state index in [9.17, 15) is 9.59 Å². The monoisotopic (exact) mass is 280 g/mol.